The lowest BCUT2D eigenvalue weighted by atomic mass is 10.2. The van der Waals surface area contributed by atoms with E-state index < -0.39 is 0 Å². The smallest absolute Gasteiger partial charge is 0.236 e. The van der Waals surface area contributed by atoms with Gasteiger partial charge in [-0.25, -0.2) is 0 Å². The summed E-state index contributed by atoms with van der Waals surface area (Å²) in [5.41, 5.74) is 3.35. The third-order valence-electron chi connectivity index (χ3n) is 1.57. The number of hydrazone groups is 1. The zero-order valence-electron chi connectivity index (χ0n) is 7.74. The molecule has 5 heteroatoms. The second-order valence-corrected chi connectivity index (χ2v) is 3.09. The van der Waals surface area contributed by atoms with Gasteiger partial charge in [0, 0.05) is 5.02 Å². The van der Waals surface area contributed by atoms with Crippen molar-refractivity contribution >= 4 is 17.3 Å². The van der Waals surface area contributed by atoms with Crippen LogP contribution in [0.5, 0.6) is 0 Å². The van der Waals surface area contributed by atoms with Crippen LogP contribution < -0.4 is 5.43 Å². The van der Waals surface area contributed by atoms with Gasteiger partial charge in [0.25, 0.3) is 0 Å². The molecule has 1 rings (SSSR count). The Hall–Kier alpha value is -2.04. The Morgan fingerprint density at radius 3 is 2.73 bits per heavy atom. The van der Waals surface area contributed by atoms with Crippen LogP contribution in [0.2, 0.25) is 5.02 Å². The maximum Gasteiger partial charge on any atom is 0.236 e. The lowest BCUT2D eigenvalue weighted by Crippen LogP contribution is -2.08. The van der Waals surface area contributed by atoms with E-state index in [1.807, 2.05) is 12.1 Å². The zero-order valence-corrected chi connectivity index (χ0v) is 8.49. The summed E-state index contributed by atoms with van der Waals surface area (Å²) in [5, 5.41) is 21.0. The molecule has 0 aliphatic heterocycles. The highest BCUT2D eigenvalue weighted by atomic mass is 35.5. The van der Waals surface area contributed by atoms with Crippen LogP contribution in [-0.4, -0.2) is 5.71 Å². The number of benzene rings is 1. The van der Waals surface area contributed by atoms with E-state index >= 15 is 0 Å². The Kier molecular flexibility index (Phi) is 4.15. The van der Waals surface area contributed by atoms with Crippen molar-refractivity contribution in [2.24, 2.45) is 5.10 Å². The Balaban J connectivity index is 2.56. The highest BCUT2D eigenvalue weighted by molar-refractivity contribution is 6.30. The minimum atomic E-state index is -0.197. The molecule has 0 spiro atoms. The van der Waals surface area contributed by atoms with Crippen LogP contribution in [0.25, 0.3) is 0 Å². The molecule has 0 aromatic heterocycles. The van der Waals surface area contributed by atoms with E-state index in [1.165, 1.54) is 0 Å². The van der Waals surface area contributed by atoms with Gasteiger partial charge < -0.3 is 5.43 Å². The van der Waals surface area contributed by atoms with Gasteiger partial charge in [0.15, 0.2) is 0 Å². The van der Waals surface area contributed by atoms with Crippen molar-refractivity contribution < 1.29 is 0 Å². The van der Waals surface area contributed by atoms with Crippen molar-refractivity contribution in [1.82, 2.24) is 5.43 Å². The first-order valence-electron chi connectivity index (χ1n) is 4.11. The maximum absolute atomic E-state index is 8.40. The van der Waals surface area contributed by atoms with Crippen molar-refractivity contribution in [3.8, 4) is 12.1 Å². The van der Waals surface area contributed by atoms with Gasteiger partial charge in [-0.3, -0.25) is 0 Å². The van der Waals surface area contributed by atoms with Gasteiger partial charge in [-0.05, 0) is 17.7 Å². The van der Waals surface area contributed by atoms with Crippen LogP contribution in [0.4, 0.5) is 0 Å². The minimum absolute atomic E-state index is 0.197. The molecule has 1 N–H and O–H groups in total. The number of hydrogen-bond acceptors (Lipinski definition) is 4. The summed E-state index contributed by atoms with van der Waals surface area (Å²) in [4.78, 5) is 0. The summed E-state index contributed by atoms with van der Waals surface area (Å²) < 4.78 is 0. The van der Waals surface area contributed by atoms with Crippen molar-refractivity contribution in [1.29, 1.82) is 10.5 Å². The molecule has 0 bridgehead atoms. The van der Waals surface area contributed by atoms with Crippen LogP contribution in [-0.2, 0) is 6.54 Å². The number of nitriles is 2. The van der Waals surface area contributed by atoms with E-state index in [9.17, 15) is 0 Å². The molecule has 0 aliphatic carbocycles. The summed E-state index contributed by atoms with van der Waals surface area (Å²) in [7, 11) is 0. The average molecular weight is 219 g/mol. The van der Waals surface area contributed by atoms with Gasteiger partial charge in [0.2, 0.25) is 5.71 Å². The second-order valence-electron chi connectivity index (χ2n) is 2.65. The van der Waals surface area contributed by atoms with Crippen molar-refractivity contribution in [2.45, 2.75) is 6.54 Å². The largest absolute Gasteiger partial charge is 0.304 e. The molecule has 0 amide bonds. The lowest BCUT2D eigenvalue weighted by molar-refractivity contribution is 0.746. The topological polar surface area (TPSA) is 72.0 Å². The van der Waals surface area contributed by atoms with E-state index in [2.05, 4.69) is 10.5 Å². The monoisotopic (exact) mass is 218 g/mol. The lowest BCUT2D eigenvalue weighted by Gasteiger charge is -2.00. The number of halogens is 1. The fraction of sp³-hybridized carbons (Fsp3) is 0.100. The normalized spacial score (nSPS) is 8.47. The predicted octanol–water partition coefficient (Wildman–Crippen LogP) is 1.83. The van der Waals surface area contributed by atoms with Gasteiger partial charge in [0.1, 0.15) is 12.1 Å². The molecule has 0 fully saturated rings. The van der Waals surface area contributed by atoms with Crippen LogP contribution in [0.3, 0.4) is 0 Å². The van der Waals surface area contributed by atoms with E-state index in [-0.39, 0.29) is 5.71 Å². The standard InChI is InChI=1S/C10H7ClN4/c11-9-3-1-2-8(4-9)7-14-15-10(5-12)6-13/h1-4,14H,7H2. The third kappa shape index (κ3) is 3.68. The number of hydrogen-bond donors (Lipinski definition) is 1. The van der Waals surface area contributed by atoms with Crippen LogP contribution in [0.1, 0.15) is 5.56 Å². The molecule has 1 aromatic rings. The predicted molar refractivity (Wildman–Crippen MR) is 57.0 cm³/mol. The van der Waals surface area contributed by atoms with E-state index in [0.717, 1.165) is 5.56 Å². The highest BCUT2D eigenvalue weighted by Gasteiger charge is 1.94. The Labute approximate surface area is 92.4 Å². The molecule has 15 heavy (non-hydrogen) atoms. The van der Waals surface area contributed by atoms with Gasteiger partial charge in [-0.15, -0.1) is 0 Å². The zero-order chi connectivity index (χ0) is 11.1. The molecule has 74 valence electrons. The van der Waals surface area contributed by atoms with Gasteiger partial charge in [-0.2, -0.15) is 15.6 Å². The summed E-state index contributed by atoms with van der Waals surface area (Å²) in [6.45, 7) is 0.424. The van der Waals surface area contributed by atoms with Crippen LogP contribution in [0.15, 0.2) is 29.4 Å². The van der Waals surface area contributed by atoms with Gasteiger partial charge >= 0.3 is 0 Å². The summed E-state index contributed by atoms with van der Waals surface area (Å²) in [5.74, 6) is 0. The average Bonchev–Trinajstić information content (AvgIpc) is 2.25. The molecule has 0 saturated carbocycles. The minimum Gasteiger partial charge on any atom is -0.304 e. The second kappa shape index (κ2) is 5.64. The van der Waals surface area contributed by atoms with Gasteiger partial charge in [-0.1, -0.05) is 23.7 Å². The van der Waals surface area contributed by atoms with Gasteiger partial charge in [0.05, 0.1) is 6.54 Å². The summed E-state index contributed by atoms with van der Waals surface area (Å²) >= 11 is 5.77. The first-order chi connectivity index (χ1) is 7.26. The Morgan fingerprint density at radius 1 is 1.40 bits per heavy atom. The molecule has 0 aliphatic rings. The molecular weight excluding hydrogens is 212 g/mol. The number of nitrogens with one attached hydrogen (secondary N) is 1. The molecule has 0 heterocycles. The summed E-state index contributed by atoms with van der Waals surface area (Å²) in [6.07, 6.45) is 0. The molecule has 4 nitrogen and oxygen atoms in total. The SMILES string of the molecule is N#CC(C#N)=NNCc1cccc(Cl)c1. The summed E-state index contributed by atoms with van der Waals surface area (Å²) in [6, 6.07) is 10.5. The van der Waals surface area contributed by atoms with E-state index in [4.69, 9.17) is 22.1 Å². The highest BCUT2D eigenvalue weighted by Crippen LogP contribution is 2.09. The Bertz CT molecular complexity index is 437. The molecule has 1 aromatic carbocycles. The Morgan fingerprint density at radius 2 is 2.13 bits per heavy atom. The van der Waals surface area contributed by atoms with E-state index in [0.29, 0.717) is 11.6 Å². The van der Waals surface area contributed by atoms with Crippen molar-refractivity contribution in [3.05, 3.63) is 34.9 Å². The molecule has 0 saturated heterocycles. The molecule has 0 unspecified atom stereocenters. The fourth-order valence-electron chi connectivity index (χ4n) is 0.932. The maximum atomic E-state index is 8.40. The third-order valence-corrected chi connectivity index (χ3v) is 1.81. The molecule has 0 radical (unpaired) electrons. The first kappa shape index (κ1) is 11.0. The fourth-order valence-corrected chi connectivity index (χ4v) is 1.14. The van der Waals surface area contributed by atoms with Crippen LogP contribution >= 0.6 is 11.6 Å². The van der Waals surface area contributed by atoms with Crippen molar-refractivity contribution in [3.63, 3.8) is 0 Å². The molecular formula is C10H7ClN4. The molecule has 0 atom stereocenters. The number of nitrogens with zero attached hydrogens (tertiary/aromatic N) is 3. The van der Waals surface area contributed by atoms with E-state index in [1.54, 1.807) is 24.3 Å². The van der Waals surface area contributed by atoms with Crippen molar-refractivity contribution in [2.75, 3.05) is 0 Å². The quantitative estimate of drug-likeness (QED) is 0.622. The van der Waals surface area contributed by atoms with Crippen LogP contribution in [0, 0.1) is 22.7 Å². The number of rotatable bonds is 3. The first-order valence-corrected chi connectivity index (χ1v) is 4.49.